The molecule has 2 unspecified atom stereocenters. The number of pyridine rings is 1. The van der Waals surface area contributed by atoms with E-state index in [1.165, 1.54) is 17.3 Å². The summed E-state index contributed by atoms with van der Waals surface area (Å²) in [5.74, 6) is 0. The third-order valence-corrected chi connectivity index (χ3v) is 5.27. The second-order valence-corrected chi connectivity index (χ2v) is 7.30. The lowest BCUT2D eigenvalue weighted by Gasteiger charge is -2.21. The first-order valence-corrected chi connectivity index (χ1v) is 9.82. The van der Waals surface area contributed by atoms with Crippen molar-refractivity contribution in [1.29, 1.82) is 0 Å². The van der Waals surface area contributed by atoms with E-state index in [1.807, 2.05) is 10.8 Å². The molecule has 158 valence electrons. The highest BCUT2D eigenvalue weighted by molar-refractivity contribution is 5.54. The number of nitrogens with zero attached hydrogens (tertiary/aromatic N) is 3. The summed E-state index contributed by atoms with van der Waals surface area (Å²) >= 11 is 0. The average molecular weight is 416 g/mol. The van der Waals surface area contributed by atoms with Gasteiger partial charge in [0.2, 0.25) is 0 Å². The molecule has 9 heteroatoms. The molecule has 3 N–H and O–H groups in total. The molecule has 1 aliphatic heterocycles. The number of alkyl halides is 3. The van der Waals surface area contributed by atoms with E-state index in [4.69, 9.17) is 0 Å². The molecule has 0 aliphatic carbocycles. The molecule has 1 aliphatic rings. The normalized spacial score (nSPS) is 19.3. The van der Waals surface area contributed by atoms with Crippen molar-refractivity contribution in [3.63, 3.8) is 0 Å². The third kappa shape index (κ3) is 4.53. The molecule has 3 heterocycles. The number of rotatable bonds is 6. The molecule has 2 atom stereocenters. The van der Waals surface area contributed by atoms with Gasteiger partial charge in [-0.05, 0) is 41.7 Å². The number of aromatic nitrogens is 3. The minimum atomic E-state index is -4.39. The standard InChI is InChI=1S/C21H23F3N6/c1-2-14-3-5-15(6-4-14)8-10-30-12-18(26-13-30)17-11-16(7-9-25-17)19-20(21(22,23)24)28-29-27-19/h3-7,9,11-13,19-20,27-29H,2,8,10H2,1H3. The zero-order valence-electron chi connectivity index (χ0n) is 16.4. The van der Waals surface area contributed by atoms with Crippen molar-refractivity contribution < 1.29 is 13.2 Å². The van der Waals surface area contributed by atoms with E-state index in [-0.39, 0.29) is 0 Å². The first kappa shape index (κ1) is 20.5. The second kappa shape index (κ2) is 8.55. The van der Waals surface area contributed by atoms with Crippen LogP contribution in [0.3, 0.4) is 0 Å². The van der Waals surface area contributed by atoms with Gasteiger partial charge in [-0.25, -0.2) is 15.8 Å². The molecule has 1 saturated heterocycles. The van der Waals surface area contributed by atoms with Crippen molar-refractivity contribution in [2.24, 2.45) is 0 Å². The van der Waals surface area contributed by atoms with Gasteiger partial charge in [-0.2, -0.15) is 18.7 Å². The second-order valence-electron chi connectivity index (χ2n) is 7.30. The predicted octanol–water partition coefficient (Wildman–Crippen LogP) is 3.33. The lowest BCUT2D eigenvalue weighted by atomic mass is 10.0. The summed E-state index contributed by atoms with van der Waals surface area (Å²) in [6, 6.07) is 9.07. The fraction of sp³-hybridized carbons (Fsp3) is 0.333. The van der Waals surface area contributed by atoms with E-state index in [9.17, 15) is 13.2 Å². The molecular weight excluding hydrogens is 393 g/mol. The zero-order chi connectivity index (χ0) is 21.1. The Kier molecular flexibility index (Phi) is 5.85. The molecule has 0 amide bonds. The van der Waals surface area contributed by atoms with Gasteiger partial charge in [-0.1, -0.05) is 31.2 Å². The maximum absolute atomic E-state index is 13.2. The van der Waals surface area contributed by atoms with Crippen molar-refractivity contribution in [3.05, 3.63) is 71.8 Å². The number of aryl methyl sites for hydroxylation is 3. The van der Waals surface area contributed by atoms with Crippen LogP contribution in [-0.2, 0) is 19.4 Å². The Morgan fingerprint density at radius 2 is 1.77 bits per heavy atom. The van der Waals surface area contributed by atoms with Crippen molar-refractivity contribution >= 4 is 0 Å². The minimum Gasteiger partial charge on any atom is -0.336 e. The fourth-order valence-electron chi connectivity index (χ4n) is 3.51. The third-order valence-electron chi connectivity index (χ3n) is 5.27. The summed E-state index contributed by atoms with van der Waals surface area (Å²) in [7, 11) is 0. The SMILES string of the molecule is CCc1ccc(CCn2cnc(-c3cc(C4NNNC4C(F)(F)F)ccn3)c2)cc1. The van der Waals surface area contributed by atoms with E-state index in [1.54, 1.807) is 18.5 Å². The highest BCUT2D eigenvalue weighted by Crippen LogP contribution is 2.32. The zero-order valence-corrected chi connectivity index (χ0v) is 16.4. The first-order chi connectivity index (χ1) is 14.4. The summed E-state index contributed by atoms with van der Waals surface area (Å²) in [5.41, 5.74) is 11.4. The first-order valence-electron chi connectivity index (χ1n) is 9.82. The number of imidazole rings is 1. The Bertz CT molecular complexity index is 983. The topological polar surface area (TPSA) is 66.8 Å². The number of hydrogen-bond acceptors (Lipinski definition) is 5. The van der Waals surface area contributed by atoms with E-state index >= 15 is 0 Å². The van der Waals surface area contributed by atoms with Crippen LogP contribution in [0.2, 0.25) is 0 Å². The molecule has 2 aromatic heterocycles. The van der Waals surface area contributed by atoms with Crippen molar-refractivity contribution in [2.75, 3.05) is 0 Å². The Morgan fingerprint density at radius 1 is 1.00 bits per heavy atom. The number of hydrogen-bond donors (Lipinski definition) is 3. The molecule has 0 bridgehead atoms. The Labute approximate surface area is 172 Å². The van der Waals surface area contributed by atoms with Crippen LogP contribution in [0.1, 0.15) is 29.7 Å². The average Bonchev–Trinajstić information content (AvgIpc) is 3.42. The monoisotopic (exact) mass is 416 g/mol. The van der Waals surface area contributed by atoms with E-state index in [0.717, 1.165) is 19.4 Å². The van der Waals surface area contributed by atoms with Crippen LogP contribution in [0.5, 0.6) is 0 Å². The molecule has 1 aromatic carbocycles. The number of nitrogens with one attached hydrogen (secondary N) is 3. The highest BCUT2D eigenvalue weighted by atomic mass is 19.4. The number of hydrazine groups is 2. The Hall–Kier alpha value is -2.75. The summed E-state index contributed by atoms with van der Waals surface area (Å²) in [6.45, 7) is 2.89. The lowest BCUT2D eigenvalue weighted by molar-refractivity contribution is -0.156. The van der Waals surface area contributed by atoms with Crippen molar-refractivity contribution in [3.8, 4) is 11.4 Å². The van der Waals surface area contributed by atoms with Crippen LogP contribution in [0.4, 0.5) is 13.2 Å². The molecule has 0 saturated carbocycles. The van der Waals surface area contributed by atoms with Gasteiger partial charge in [0.15, 0.2) is 0 Å². The van der Waals surface area contributed by atoms with Gasteiger partial charge in [0, 0.05) is 18.9 Å². The maximum Gasteiger partial charge on any atom is 0.407 e. The van der Waals surface area contributed by atoms with Gasteiger partial charge >= 0.3 is 6.18 Å². The van der Waals surface area contributed by atoms with Gasteiger partial charge in [0.25, 0.3) is 0 Å². The van der Waals surface area contributed by atoms with Gasteiger partial charge in [0.1, 0.15) is 11.7 Å². The molecule has 0 spiro atoms. The largest absolute Gasteiger partial charge is 0.407 e. The van der Waals surface area contributed by atoms with Crippen LogP contribution in [-0.4, -0.2) is 26.8 Å². The Morgan fingerprint density at radius 3 is 2.50 bits per heavy atom. The lowest BCUT2D eigenvalue weighted by Crippen LogP contribution is -2.43. The molecule has 6 nitrogen and oxygen atoms in total. The molecule has 30 heavy (non-hydrogen) atoms. The van der Waals surface area contributed by atoms with Crippen LogP contribution in [0.25, 0.3) is 11.4 Å². The molecule has 3 aromatic rings. The minimum absolute atomic E-state index is 0.477. The molecule has 0 radical (unpaired) electrons. The smallest absolute Gasteiger partial charge is 0.336 e. The quantitative estimate of drug-likeness (QED) is 0.575. The van der Waals surface area contributed by atoms with Crippen LogP contribution in [0.15, 0.2) is 55.1 Å². The highest BCUT2D eigenvalue weighted by Gasteiger charge is 2.48. The van der Waals surface area contributed by atoms with E-state index < -0.39 is 18.3 Å². The molecule has 1 fully saturated rings. The summed E-state index contributed by atoms with van der Waals surface area (Å²) in [5, 5.41) is 0. The predicted molar refractivity (Wildman–Crippen MR) is 107 cm³/mol. The van der Waals surface area contributed by atoms with Crippen LogP contribution in [0, 0.1) is 0 Å². The van der Waals surface area contributed by atoms with Gasteiger partial charge in [-0.15, -0.1) is 0 Å². The number of halogens is 3. The summed E-state index contributed by atoms with van der Waals surface area (Å²) in [4.78, 5) is 8.68. The van der Waals surface area contributed by atoms with Gasteiger partial charge in [-0.3, -0.25) is 4.98 Å². The summed E-state index contributed by atoms with van der Waals surface area (Å²) < 4.78 is 41.6. The molecular formula is C21H23F3N6. The maximum atomic E-state index is 13.2. The van der Waals surface area contributed by atoms with Gasteiger partial charge in [0.05, 0.1) is 18.1 Å². The van der Waals surface area contributed by atoms with Crippen LogP contribution < -0.4 is 16.4 Å². The van der Waals surface area contributed by atoms with Crippen molar-refractivity contribution in [2.45, 2.75) is 44.6 Å². The fourth-order valence-corrected chi connectivity index (χ4v) is 3.51. The van der Waals surface area contributed by atoms with Crippen molar-refractivity contribution in [1.82, 2.24) is 30.9 Å². The number of benzene rings is 1. The van der Waals surface area contributed by atoms with Crippen LogP contribution >= 0.6 is 0 Å². The van der Waals surface area contributed by atoms with Gasteiger partial charge < -0.3 is 4.57 Å². The Balaban J connectivity index is 1.46. The summed E-state index contributed by atoms with van der Waals surface area (Å²) in [6.07, 6.45) is 2.59. The molecule has 4 rings (SSSR count). The van der Waals surface area contributed by atoms with E-state index in [0.29, 0.717) is 17.0 Å². The van der Waals surface area contributed by atoms with E-state index in [2.05, 4.69) is 57.5 Å².